The first-order valence-electron chi connectivity index (χ1n) is 11.5. The molecule has 37 heavy (non-hydrogen) atoms. The zero-order chi connectivity index (χ0) is 26.1. The molecule has 0 saturated carbocycles. The number of thiazole rings is 1. The average molecular weight is 637 g/mol. The second-order valence-corrected chi connectivity index (χ2v) is 11.0. The lowest BCUT2D eigenvalue weighted by Crippen LogP contribution is -2.20. The second kappa shape index (κ2) is 10.6. The van der Waals surface area contributed by atoms with Gasteiger partial charge in [0.05, 0.1) is 22.8 Å². The Labute approximate surface area is 235 Å². The first-order chi connectivity index (χ1) is 17.8. The van der Waals surface area contributed by atoms with Gasteiger partial charge in [-0.1, -0.05) is 80.4 Å². The molecule has 5 aromatic rings. The Morgan fingerprint density at radius 2 is 1.68 bits per heavy atom. The van der Waals surface area contributed by atoms with E-state index in [9.17, 15) is 4.79 Å². The molecule has 2 heterocycles. The van der Waals surface area contributed by atoms with Gasteiger partial charge < -0.3 is 0 Å². The Morgan fingerprint density at radius 1 is 0.946 bits per heavy atom. The largest absolute Gasteiger partial charge is 0.297 e. The molecule has 0 spiro atoms. The first-order valence-corrected chi connectivity index (χ1v) is 14.0. The summed E-state index contributed by atoms with van der Waals surface area (Å²) in [6.07, 6.45) is 0. The van der Waals surface area contributed by atoms with Gasteiger partial charge in [0, 0.05) is 26.9 Å². The number of para-hydroxylation sites is 1. The molecule has 2 aromatic heterocycles. The SMILES string of the molecule is CC(=Nn1c(-c2ccccc2Br)csc1=Nc1c(C)n(C)n(-c2ccccc2)c1=O)c1cccc(Br)c1. The number of nitrogens with zero attached hydrogens (tertiary/aromatic N) is 5. The number of aromatic nitrogens is 3. The molecule has 0 aliphatic carbocycles. The molecule has 0 radical (unpaired) electrons. The molecule has 186 valence electrons. The topological polar surface area (TPSA) is 56.6 Å². The van der Waals surface area contributed by atoms with Crippen molar-refractivity contribution < 1.29 is 0 Å². The van der Waals surface area contributed by atoms with Crippen LogP contribution in [0, 0.1) is 6.92 Å². The molecular weight excluding hydrogens is 614 g/mol. The Hall–Kier alpha value is -3.27. The molecule has 0 atom stereocenters. The van der Waals surface area contributed by atoms with Crippen LogP contribution in [0.3, 0.4) is 0 Å². The third-order valence-electron chi connectivity index (χ3n) is 6.06. The van der Waals surface area contributed by atoms with Crippen LogP contribution in [0.4, 0.5) is 5.69 Å². The van der Waals surface area contributed by atoms with Crippen molar-refractivity contribution in [2.75, 3.05) is 0 Å². The molecule has 3 aromatic carbocycles. The molecule has 0 saturated heterocycles. The van der Waals surface area contributed by atoms with Gasteiger partial charge in [0.2, 0.25) is 4.80 Å². The van der Waals surface area contributed by atoms with Crippen LogP contribution in [0.2, 0.25) is 0 Å². The highest BCUT2D eigenvalue weighted by atomic mass is 79.9. The van der Waals surface area contributed by atoms with Crippen LogP contribution in [0.5, 0.6) is 0 Å². The zero-order valence-electron chi connectivity index (χ0n) is 20.4. The van der Waals surface area contributed by atoms with E-state index < -0.39 is 0 Å². The normalized spacial score (nSPS) is 12.4. The van der Waals surface area contributed by atoms with E-state index in [4.69, 9.17) is 10.1 Å². The number of halogens is 2. The fourth-order valence-electron chi connectivity index (χ4n) is 4.03. The van der Waals surface area contributed by atoms with Gasteiger partial charge >= 0.3 is 0 Å². The van der Waals surface area contributed by atoms with Crippen LogP contribution < -0.4 is 10.4 Å². The minimum atomic E-state index is -0.179. The van der Waals surface area contributed by atoms with Crippen molar-refractivity contribution in [1.29, 1.82) is 0 Å². The highest BCUT2D eigenvalue weighted by Crippen LogP contribution is 2.29. The summed E-state index contributed by atoms with van der Waals surface area (Å²) in [4.78, 5) is 19.0. The van der Waals surface area contributed by atoms with E-state index >= 15 is 0 Å². The van der Waals surface area contributed by atoms with Gasteiger partial charge in [0.25, 0.3) is 5.56 Å². The lowest BCUT2D eigenvalue weighted by atomic mass is 10.1. The molecule has 0 aliphatic rings. The van der Waals surface area contributed by atoms with Gasteiger partial charge in [-0.15, -0.1) is 11.3 Å². The Morgan fingerprint density at radius 3 is 2.41 bits per heavy atom. The van der Waals surface area contributed by atoms with E-state index in [-0.39, 0.29) is 5.56 Å². The standard InChI is InChI=1S/C28H23Br2N5OS/c1-18(20-10-9-11-21(29)16-20)32-34-25(23-14-7-8-15-24(23)30)17-37-28(34)31-26-19(2)33(3)35(27(26)36)22-12-5-4-6-13-22/h4-17H,1-3H3. The first kappa shape index (κ1) is 25.4. The maximum absolute atomic E-state index is 13.5. The van der Waals surface area contributed by atoms with Gasteiger partial charge in [-0.25, -0.2) is 14.4 Å². The molecule has 0 amide bonds. The van der Waals surface area contributed by atoms with Crippen molar-refractivity contribution >= 4 is 54.6 Å². The fourth-order valence-corrected chi connectivity index (χ4v) is 5.74. The summed E-state index contributed by atoms with van der Waals surface area (Å²) in [5.41, 5.74) is 5.43. The van der Waals surface area contributed by atoms with Crippen LogP contribution >= 0.6 is 43.2 Å². The van der Waals surface area contributed by atoms with Crippen LogP contribution in [0.15, 0.2) is 108 Å². The predicted octanol–water partition coefficient (Wildman–Crippen LogP) is 7.04. The molecule has 0 unspecified atom stereocenters. The summed E-state index contributed by atoms with van der Waals surface area (Å²) in [6, 6.07) is 25.6. The molecule has 0 fully saturated rings. The van der Waals surface area contributed by atoms with Crippen molar-refractivity contribution in [3.05, 3.63) is 120 Å². The lowest BCUT2D eigenvalue weighted by molar-refractivity contribution is 0.630. The monoisotopic (exact) mass is 635 g/mol. The van der Waals surface area contributed by atoms with Crippen LogP contribution in [-0.4, -0.2) is 19.8 Å². The van der Waals surface area contributed by atoms with Gasteiger partial charge in [-0.05, 0) is 49.7 Å². The number of hydrogen-bond donors (Lipinski definition) is 0. The van der Waals surface area contributed by atoms with Crippen molar-refractivity contribution in [3.63, 3.8) is 0 Å². The van der Waals surface area contributed by atoms with Gasteiger partial charge in [0.1, 0.15) is 0 Å². The Balaban J connectivity index is 1.75. The van der Waals surface area contributed by atoms with E-state index in [2.05, 4.69) is 31.9 Å². The fraction of sp³-hybridized carbons (Fsp3) is 0.107. The Bertz CT molecular complexity index is 1760. The quantitative estimate of drug-likeness (QED) is 0.191. The highest BCUT2D eigenvalue weighted by molar-refractivity contribution is 9.10. The van der Waals surface area contributed by atoms with Crippen molar-refractivity contribution in [2.45, 2.75) is 13.8 Å². The lowest BCUT2D eigenvalue weighted by Gasteiger charge is -2.08. The minimum absolute atomic E-state index is 0.179. The van der Waals surface area contributed by atoms with E-state index in [1.807, 2.05) is 114 Å². The van der Waals surface area contributed by atoms with Crippen molar-refractivity contribution in [3.8, 4) is 16.9 Å². The summed E-state index contributed by atoms with van der Waals surface area (Å²) >= 11 is 8.67. The van der Waals surface area contributed by atoms with Gasteiger partial charge in [0.15, 0.2) is 5.69 Å². The maximum atomic E-state index is 13.5. The molecular formula is C28H23Br2N5OS. The molecule has 0 N–H and O–H groups in total. The smallest absolute Gasteiger partial charge is 0.283 e. The second-order valence-electron chi connectivity index (χ2n) is 8.41. The Kier molecular flexibility index (Phi) is 7.28. The van der Waals surface area contributed by atoms with E-state index in [0.717, 1.165) is 42.9 Å². The number of rotatable bonds is 5. The number of benzene rings is 3. The van der Waals surface area contributed by atoms with E-state index in [0.29, 0.717) is 10.5 Å². The molecule has 5 rings (SSSR count). The van der Waals surface area contributed by atoms with Crippen molar-refractivity contribution in [2.24, 2.45) is 17.1 Å². The molecule has 0 bridgehead atoms. The van der Waals surface area contributed by atoms with Crippen LogP contribution in [0.25, 0.3) is 16.9 Å². The van der Waals surface area contributed by atoms with Gasteiger partial charge in [-0.3, -0.25) is 9.48 Å². The molecule has 6 nitrogen and oxygen atoms in total. The summed E-state index contributed by atoms with van der Waals surface area (Å²) < 4.78 is 7.22. The zero-order valence-corrected chi connectivity index (χ0v) is 24.4. The molecule has 0 aliphatic heterocycles. The summed E-state index contributed by atoms with van der Waals surface area (Å²) in [5.74, 6) is 0. The third-order valence-corrected chi connectivity index (χ3v) is 8.06. The van der Waals surface area contributed by atoms with Crippen molar-refractivity contribution in [1.82, 2.24) is 14.0 Å². The summed E-state index contributed by atoms with van der Waals surface area (Å²) in [6.45, 7) is 3.87. The van der Waals surface area contributed by atoms with Gasteiger partial charge in [-0.2, -0.15) is 5.10 Å². The van der Waals surface area contributed by atoms with Crippen LogP contribution in [0.1, 0.15) is 18.2 Å². The predicted molar refractivity (Wildman–Crippen MR) is 158 cm³/mol. The maximum Gasteiger partial charge on any atom is 0.297 e. The average Bonchev–Trinajstić information content (AvgIpc) is 3.38. The minimum Gasteiger partial charge on any atom is -0.283 e. The van der Waals surface area contributed by atoms with E-state index in [1.54, 1.807) is 4.68 Å². The highest BCUT2D eigenvalue weighted by Gasteiger charge is 2.17. The van der Waals surface area contributed by atoms with Crippen LogP contribution in [-0.2, 0) is 7.05 Å². The third kappa shape index (κ3) is 4.99. The van der Waals surface area contributed by atoms with E-state index in [1.165, 1.54) is 11.3 Å². The summed E-state index contributed by atoms with van der Waals surface area (Å²) in [7, 11) is 1.87. The molecule has 9 heteroatoms. The summed E-state index contributed by atoms with van der Waals surface area (Å²) in [5, 5.41) is 7.00. The number of hydrogen-bond acceptors (Lipinski definition) is 4.